The summed E-state index contributed by atoms with van der Waals surface area (Å²) >= 11 is 0. The zero-order valence-electron chi connectivity index (χ0n) is 14.0. The highest BCUT2D eigenvalue weighted by Crippen LogP contribution is 2.37. The summed E-state index contributed by atoms with van der Waals surface area (Å²) in [4.78, 5) is 4.70. The molecule has 0 saturated carbocycles. The molecule has 0 bridgehead atoms. The molecule has 130 valence electrons. The predicted octanol–water partition coefficient (Wildman–Crippen LogP) is 4.03. The largest absolute Gasteiger partial charge is 0.259 e. The smallest absolute Gasteiger partial charge is 0.192 e. The Balaban J connectivity index is 0.00000182. The van der Waals surface area contributed by atoms with Crippen LogP contribution in [0.3, 0.4) is 0 Å². The van der Waals surface area contributed by atoms with Gasteiger partial charge in [-0.3, -0.25) is 5.43 Å². The van der Waals surface area contributed by atoms with E-state index in [1.165, 1.54) is 0 Å². The molecule has 2 aromatic rings. The number of rotatable bonds is 2. The number of nitrogens with zero attached hydrogens (tertiary/aromatic N) is 4. The third kappa shape index (κ3) is 3.43. The minimum Gasteiger partial charge on any atom is -0.259 e. The van der Waals surface area contributed by atoms with Crippen LogP contribution in [0, 0.1) is 0 Å². The van der Waals surface area contributed by atoms with E-state index in [9.17, 15) is 0 Å². The first-order valence-corrected chi connectivity index (χ1v) is 9.64. The van der Waals surface area contributed by atoms with Crippen LogP contribution >= 0.6 is 27.9 Å². The number of hydrazone groups is 1. The van der Waals surface area contributed by atoms with Crippen molar-refractivity contribution in [3.8, 4) is 0 Å². The standard InChI is InChI=1S/C18H19N5S.BrH/c1-14-13-24(2)18(19-14)23-21-17(15-9-5-3-6-10-15)20-22(23)16-11-7-4-8-12-16;/h3-13,24H,1-2H3,(H,20,21);1H. The average Bonchev–Trinajstić information content (AvgIpc) is 3.19. The number of thiol groups is 1. The summed E-state index contributed by atoms with van der Waals surface area (Å²) in [6.45, 7) is 2.03. The van der Waals surface area contributed by atoms with Gasteiger partial charge in [-0.1, -0.05) is 48.5 Å². The molecule has 2 aliphatic rings. The number of nitrogens with one attached hydrogen (secondary N) is 1. The lowest BCUT2D eigenvalue weighted by atomic mass is 10.2. The van der Waals surface area contributed by atoms with Gasteiger partial charge in [0.25, 0.3) is 0 Å². The second-order valence-corrected chi connectivity index (χ2v) is 7.54. The molecule has 2 aliphatic heterocycles. The van der Waals surface area contributed by atoms with Gasteiger partial charge in [-0.2, -0.15) is 16.0 Å². The Morgan fingerprint density at radius 2 is 1.60 bits per heavy atom. The molecule has 1 unspecified atom stereocenters. The maximum absolute atomic E-state index is 4.80. The van der Waals surface area contributed by atoms with Crippen molar-refractivity contribution in [2.24, 2.45) is 10.1 Å². The Morgan fingerprint density at radius 3 is 2.20 bits per heavy atom. The first-order chi connectivity index (χ1) is 11.7. The Kier molecular flexibility index (Phi) is 5.15. The molecule has 0 spiro atoms. The fraction of sp³-hybridized carbons (Fsp3) is 0.111. The Labute approximate surface area is 160 Å². The number of hydrazine groups is 2. The molecule has 0 saturated heterocycles. The lowest BCUT2D eigenvalue weighted by Gasteiger charge is -2.29. The lowest BCUT2D eigenvalue weighted by molar-refractivity contribution is 0.429. The number of benzene rings is 2. The second-order valence-electron chi connectivity index (χ2n) is 5.66. The van der Waals surface area contributed by atoms with Gasteiger partial charge in [0.1, 0.15) is 0 Å². The molecule has 2 aromatic carbocycles. The molecule has 4 rings (SSSR count). The monoisotopic (exact) mass is 417 g/mol. The zero-order chi connectivity index (χ0) is 16.5. The van der Waals surface area contributed by atoms with Gasteiger partial charge in [0.05, 0.1) is 5.69 Å². The van der Waals surface area contributed by atoms with Crippen LogP contribution < -0.4 is 10.5 Å². The number of halogens is 1. The van der Waals surface area contributed by atoms with Gasteiger partial charge in [0.2, 0.25) is 0 Å². The van der Waals surface area contributed by atoms with Gasteiger partial charge < -0.3 is 0 Å². The Hall–Kier alpha value is -2.25. The topological polar surface area (TPSA) is 43.2 Å². The van der Waals surface area contributed by atoms with Crippen LogP contribution in [0.25, 0.3) is 0 Å². The van der Waals surface area contributed by atoms with E-state index in [2.05, 4.69) is 29.2 Å². The summed E-state index contributed by atoms with van der Waals surface area (Å²) in [5.41, 5.74) is 6.51. The van der Waals surface area contributed by atoms with E-state index in [4.69, 9.17) is 10.1 Å². The van der Waals surface area contributed by atoms with E-state index in [0.717, 1.165) is 28.0 Å². The van der Waals surface area contributed by atoms with E-state index in [-0.39, 0.29) is 17.0 Å². The van der Waals surface area contributed by atoms with Crippen molar-refractivity contribution < 1.29 is 0 Å². The molecule has 25 heavy (non-hydrogen) atoms. The van der Waals surface area contributed by atoms with Gasteiger partial charge in [-0.15, -0.1) is 27.2 Å². The minimum absolute atomic E-state index is 0. The highest BCUT2D eigenvalue weighted by atomic mass is 79.9. The molecule has 0 aromatic heterocycles. The zero-order valence-corrected chi connectivity index (χ0v) is 16.6. The normalized spacial score (nSPS) is 20.4. The van der Waals surface area contributed by atoms with E-state index in [1.807, 2.05) is 65.7 Å². The SMILES string of the molecule is Br.CC1=C[SH](C)C(N2N=C(c3ccccc3)NN2c2ccccc2)=N1. The van der Waals surface area contributed by atoms with E-state index < -0.39 is 10.9 Å². The van der Waals surface area contributed by atoms with E-state index in [0.29, 0.717) is 0 Å². The molecule has 0 fully saturated rings. The quantitative estimate of drug-likeness (QED) is 0.724. The maximum Gasteiger partial charge on any atom is 0.192 e. The fourth-order valence-electron chi connectivity index (χ4n) is 2.69. The summed E-state index contributed by atoms with van der Waals surface area (Å²) in [7, 11) is -0.459. The summed E-state index contributed by atoms with van der Waals surface area (Å²) in [6.07, 6.45) is 2.20. The molecule has 0 amide bonds. The van der Waals surface area contributed by atoms with Crippen LogP contribution in [0.4, 0.5) is 5.69 Å². The molecular weight excluding hydrogens is 398 g/mol. The van der Waals surface area contributed by atoms with Crippen LogP contribution in [0.5, 0.6) is 0 Å². The summed E-state index contributed by atoms with van der Waals surface area (Å²) < 4.78 is 0. The maximum atomic E-state index is 4.80. The number of hydrogen-bond acceptors (Lipinski definition) is 5. The van der Waals surface area contributed by atoms with E-state index >= 15 is 0 Å². The third-order valence-electron chi connectivity index (χ3n) is 3.80. The summed E-state index contributed by atoms with van der Waals surface area (Å²) in [6, 6.07) is 20.3. The number of hydrogen-bond donors (Lipinski definition) is 2. The molecular formula is C18H20BrN5S. The highest BCUT2D eigenvalue weighted by molar-refractivity contribution is 8.93. The molecule has 1 atom stereocenters. The summed E-state index contributed by atoms with van der Waals surface area (Å²) in [5, 5.41) is 11.8. The first-order valence-electron chi connectivity index (χ1n) is 7.78. The average molecular weight is 418 g/mol. The fourth-order valence-corrected chi connectivity index (χ4v) is 4.16. The molecule has 1 N–H and O–H groups in total. The van der Waals surface area contributed by atoms with Gasteiger partial charge in [-0.25, -0.2) is 4.99 Å². The van der Waals surface area contributed by atoms with Crippen LogP contribution in [0.15, 0.2) is 81.9 Å². The number of anilines is 1. The molecule has 2 heterocycles. The van der Waals surface area contributed by atoms with Gasteiger partial charge in [-0.05, 0) is 30.7 Å². The molecule has 5 nitrogen and oxygen atoms in total. The molecule has 0 aliphatic carbocycles. The van der Waals surface area contributed by atoms with Gasteiger partial charge >= 0.3 is 0 Å². The van der Waals surface area contributed by atoms with Crippen LogP contribution in [0.1, 0.15) is 12.5 Å². The van der Waals surface area contributed by atoms with Crippen molar-refractivity contribution >= 4 is 44.6 Å². The van der Waals surface area contributed by atoms with Crippen LogP contribution in [-0.4, -0.2) is 22.4 Å². The second kappa shape index (κ2) is 7.33. The van der Waals surface area contributed by atoms with Gasteiger partial charge in [0, 0.05) is 11.3 Å². The van der Waals surface area contributed by atoms with Crippen molar-refractivity contribution in [2.75, 3.05) is 11.4 Å². The number of amidine groups is 2. The van der Waals surface area contributed by atoms with Crippen LogP contribution in [0.2, 0.25) is 0 Å². The van der Waals surface area contributed by atoms with E-state index in [1.54, 1.807) is 0 Å². The minimum atomic E-state index is -0.459. The van der Waals surface area contributed by atoms with Crippen molar-refractivity contribution in [3.05, 3.63) is 77.3 Å². The van der Waals surface area contributed by atoms with Gasteiger partial charge in [0.15, 0.2) is 11.0 Å². The number of allylic oxidation sites excluding steroid dienone is 1. The molecule has 7 heteroatoms. The third-order valence-corrected chi connectivity index (χ3v) is 5.47. The lowest BCUT2D eigenvalue weighted by Crippen LogP contribution is -2.46. The van der Waals surface area contributed by atoms with Crippen molar-refractivity contribution in [3.63, 3.8) is 0 Å². The van der Waals surface area contributed by atoms with Crippen molar-refractivity contribution in [1.29, 1.82) is 0 Å². The number of aliphatic imine (C=N–C) groups is 1. The Morgan fingerprint density at radius 1 is 0.960 bits per heavy atom. The van der Waals surface area contributed by atoms with Crippen molar-refractivity contribution in [2.45, 2.75) is 6.92 Å². The number of para-hydroxylation sites is 1. The summed E-state index contributed by atoms with van der Waals surface area (Å²) in [5.74, 6) is 0.815. The first kappa shape index (κ1) is 17.6. The predicted molar refractivity (Wildman–Crippen MR) is 113 cm³/mol. The molecule has 0 radical (unpaired) electrons. The van der Waals surface area contributed by atoms with Crippen LogP contribution in [-0.2, 0) is 0 Å². The highest BCUT2D eigenvalue weighted by Gasteiger charge is 2.31. The Bertz CT molecular complexity index is 835. The van der Waals surface area contributed by atoms with Crippen molar-refractivity contribution in [1.82, 2.24) is 10.5 Å².